The summed E-state index contributed by atoms with van der Waals surface area (Å²) in [6.07, 6.45) is 0.753. The number of phenolic OH excluding ortho intramolecular Hbond substituents is 1. The van der Waals surface area contributed by atoms with Crippen LogP contribution in [0.5, 0.6) is 5.75 Å². The number of Topliss-reactive ketones (excluding diaryl/α,β-unsaturated/α-hetero) is 1. The van der Waals surface area contributed by atoms with Crippen LogP contribution in [0.4, 0.5) is 0 Å². The Morgan fingerprint density at radius 2 is 1.78 bits per heavy atom. The van der Waals surface area contributed by atoms with Crippen molar-refractivity contribution in [2.45, 2.75) is 26.3 Å². The molecule has 2 aromatic carbocycles. The molecule has 0 bridgehead atoms. The minimum atomic E-state index is -0.375. The van der Waals surface area contributed by atoms with Gasteiger partial charge in [-0.1, -0.05) is 37.3 Å². The lowest BCUT2D eigenvalue weighted by Crippen LogP contribution is -2.08. The van der Waals surface area contributed by atoms with Crippen LogP contribution >= 0.6 is 0 Å². The number of carbonyl (C=O) groups is 2. The van der Waals surface area contributed by atoms with Gasteiger partial charge >= 0.3 is 0 Å². The average Bonchev–Trinajstić information content (AvgIpc) is 2.55. The molecule has 118 valence electrons. The second-order valence-electron chi connectivity index (χ2n) is 5.31. The summed E-state index contributed by atoms with van der Waals surface area (Å²) in [5.74, 6) is -0.681. The van der Waals surface area contributed by atoms with E-state index in [2.05, 4.69) is 11.7 Å². The molecule has 2 rings (SSSR count). The smallest absolute Gasteiger partial charge is 0.197 e. The molecule has 0 saturated carbocycles. The Labute approximate surface area is 135 Å². The fourth-order valence-electron chi connectivity index (χ4n) is 2.55. The summed E-state index contributed by atoms with van der Waals surface area (Å²) in [6, 6.07) is 11.3. The molecular weight excluding hydrogens is 290 g/mol. The van der Waals surface area contributed by atoms with Gasteiger partial charge in [-0.15, -0.1) is 0 Å². The number of nitrogens with zero attached hydrogens (tertiary/aromatic N) is 1. The molecule has 0 aliphatic heterocycles. The molecule has 1 unspecified atom stereocenters. The lowest BCUT2D eigenvalue weighted by molar-refractivity contribution is 0.0989. The molecule has 0 amide bonds. The van der Waals surface area contributed by atoms with Gasteiger partial charge in [0.25, 0.3) is 0 Å². The first-order valence-corrected chi connectivity index (χ1v) is 7.43. The highest BCUT2D eigenvalue weighted by molar-refractivity contribution is 6.16. The van der Waals surface area contributed by atoms with Crippen molar-refractivity contribution >= 4 is 18.3 Å². The zero-order valence-corrected chi connectivity index (χ0v) is 13.2. The monoisotopic (exact) mass is 309 g/mol. The highest BCUT2D eigenvalue weighted by atomic mass is 16.3. The van der Waals surface area contributed by atoms with Gasteiger partial charge < -0.3 is 5.11 Å². The minimum absolute atomic E-state index is 0.116. The van der Waals surface area contributed by atoms with Gasteiger partial charge in [0.2, 0.25) is 0 Å². The van der Waals surface area contributed by atoms with Crippen LogP contribution in [0, 0.1) is 0 Å². The Bertz CT molecular complexity index is 765. The third kappa shape index (κ3) is 3.37. The summed E-state index contributed by atoms with van der Waals surface area (Å²) >= 11 is 0. The fourth-order valence-corrected chi connectivity index (χ4v) is 2.55. The van der Waals surface area contributed by atoms with Crippen molar-refractivity contribution in [3.05, 3.63) is 64.7 Å². The maximum Gasteiger partial charge on any atom is 0.197 e. The van der Waals surface area contributed by atoms with E-state index in [0.29, 0.717) is 5.56 Å². The lowest BCUT2D eigenvalue weighted by Gasteiger charge is -2.12. The van der Waals surface area contributed by atoms with E-state index in [0.717, 1.165) is 12.0 Å². The van der Waals surface area contributed by atoms with Gasteiger partial charge in [-0.05, 0) is 37.8 Å². The topological polar surface area (TPSA) is 66.7 Å². The van der Waals surface area contributed by atoms with E-state index >= 15 is 0 Å². The molecular formula is C19H19NO3. The van der Waals surface area contributed by atoms with E-state index in [9.17, 15) is 14.7 Å². The SMILES string of the molecule is C=NC(CC)c1ccc(C(=O)c2ccccc2C(C)=O)c(O)c1. The molecule has 4 nitrogen and oxygen atoms in total. The van der Waals surface area contributed by atoms with Gasteiger partial charge in [-0.2, -0.15) is 0 Å². The summed E-state index contributed by atoms with van der Waals surface area (Å²) in [7, 11) is 0. The van der Waals surface area contributed by atoms with Crippen LogP contribution in [-0.4, -0.2) is 23.4 Å². The predicted octanol–water partition coefficient (Wildman–Crippen LogP) is 3.98. The number of hydrogen-bond acceptors (Lipinski definition) is 4. The number of aromatic hydroxyl groups is 1. The van der Waals surface area contributed by atoms with Gasteiger partial charge in [0, 0.05) is 11.1 Å². The maximum absolute atomic E-state index is 12.7. The van der Waals surface area contributed by atoms with E-state index < -0.39 is 0 Å². The largest absolute Gasteiger partial charge is 0.507 e. The summed E-state index contributed by atoms with van der Waals surface area (Å²) in [4.78, 5) is 28.3. The second-order valence-corrected chi connectivity index (χ2v) is 5.31. The van der Waals surface area contributed by atoms with Crippen LogP contribution in [0.25, 0.3) is 0 Å². The van der Waals surface area contributed by atoms with Gasteiger partial charge in [0.15, 0.2) is 11.6 Å². The van der Waals surface area contributed by atoms with E-state index in [4.69, 9.17) is 0 Å². The van der Waals surface area contributed by atoms with E-state index in [1.807, 2.05) is 6.92 Å². The Hall–Kier alpha value is -2.75. The van der Waals surface area contributed by atoms with E-state index in [1.165, 1.54) is 13.0 Å². The highest BCUT2D eigenvalue weighted by Crippen LogP contribution is 2.28. The third-order valence-electron chi connectivity index (χ3n) is 3.81. The molecule has 1 atom stereocenters. The zero-order valence-electron chi connectivity index (χ0n) is 13.2. The number of phenols is 1. The molecule has 0 saturated heterocycles. The maximum atomic E-state index is 12.7. The van der Waals surface area contributed by atoms with Crippen molar-refractivity contribution in [1.29, 1.82) is 0 Å². The van der Waals surface area contributed by atoms with Crippen LogP contribution in [0.1, 0.15) is 58.2 Å². The number of benzene rings is 2. The molecule has 0 spiro atoms. The molecule has 0 aliphatic rings. The van der Waals surface area contributed by atoms with Crippen LogP contribution < -0.4 is 0 Å². The Morgan fingerprint density at radius 3 is 2.30 bits per heavy atom. The van der Waals surface area contributed by atoms with Crippen molar-refractivity contribution in [2.75, 3.05) is 0 Å². The minimum Gasteiger partial charge on any atom is -0.507 e. The predicted molar refractivity (Wildman–Crippen MR) is 90.6 cm³/mol. The summed E-state index contributed by atoms with van der Waals surface area (Å²) in [6.45, 7) is 6.92. The first-order valence-electron chi connectivity index (χ1n) is 7.43. The van der Waals surface area contributed by atoms with Crippen molar-refractivity contribution < 1.29 is 14.7 Å². The van der Waals surface area contributed by atoms with Crippen molar-refractivity contribution in [2.24, 2.45) is 4.99 Å². The Balaban J connectivity index is 2.45. The Kier molecular flexibility index (Phi) is 5.06. The number of aliphatic imine (C=N–C) groups is 1. The molecule has 0 radical (unpaired) electrons. The number of carbonyl (C=O) groups excluding carboxylic acids is 2. The van der Waals surface area contributed by atoms with Crippen LogP contribution in [0.3, 0.4) is 0 Å². The summed E-state index contributed by atoms with van der Waals surface area (Å²) in [5, 5.41) is 10.2. The number of rotatable bonds is 6. The van der Waals surface area contributed by atoms with Crippen molar-refractivity contribution in [1.82, 2.24) is 0 Å². The number of hydrogen-bond donors (Lipinski definition) is 1. The molecule has 23 heavy (non-hydrogen) atoms. The molecule has 2 aromatic rings. The molecule has 0 heterocycles. The molecule has 0 aromatic heterocycles. The van der Waals surface area contributed by atoms with Crippen LogP contribution in [0.15, 0.2) is 47.5 Å². The summed E-state index contributed by atoms with van der Waals surface area (Å²) in [5.41, 5.74) is 1.61. The van der Waals surface area contributed by atoms with Gasteiger partial charge in [0.05, 0.1) is 11.6 Å². The van der Waals surface area contributed by atoms with Crippen LogP contribution in [0.2, 0.25) is 0 Å². The standard InChI is InChI=1S/C19H19NO3/c1-4-17(20-3)13-9-10-16(18(22)11-13)19(23)15-8-6-5-7-14(15)12(2)21/h5-11,17,22H,3-4H2,1-2H3. The molecule has 4 heteroatoms. The van der Waals surface area contributed by atoms with Crippen molar-refractivity contribution in [3.8, 4) is 5.75 Å². The first-order chi connectivity index (χ1) is 11.0. The molecule has 0 aliphatic carbocycles. The van der Waals surface area contributed by atoms with Crippen molar-refractivity contribution in [3.63, 3.8) is 0 Å². The second kappa shape index (κ2) is 7.01. The Morgan fingerprint density at radius 1 is 1.13 bits per heavy atom. The van der Waals surface area contributed by atoms with E-state index in [-0.39, 0.29) is 34.5 Å². The highest BCUT2D eigenvalue weighted by Gasteiger charge is 2.19. The third-order valence-corrected chi connectivity index (χ3v) is 3.81. The first kappa shape index (κ1) is 16.6. The zero-order chi connectivity index (χ0) is 17.0. The number of ketones is 2. The normalized spacial score (nSPS) is 11.7. The van der Waals surface area contributed by atoms with Gasteiger partial charge in [-0.25, -0.2) is 0 Å². The fraction of sp³-hybridized carbons (Fsp3) is 0.211. The average molecular weight is 309 g/mol. The van der Waals surface area contributed by atoms with Gasteiger partial charge in [-0.3, -0.25) is 14.6 Å². The quantitative estimate of drug-likeness (QED) is 0.648. The lowest BCUT2D eigenvalue weighted by atomic mass is 9.94. The van der Waals surface area contributed by atoms with E-state index in [1.54, 1.807) is 36.4 Å². The summed E-state index contributed by atoms with van der Waals surface area (Å²) < 4.78 is 0. The van der Waals surface area contributed by atoms with Gasteiger partial charge in [0.1, 0.15) is 5.75 Å². The van der Waals surface area contributed by atoms with Crippen LogP contribution in [-0.2, 0) is 0 Å². The molecule has 0 fully saturated rings. The molecule has 1 N–H and O–H groups in total.